The average molecular weight is 307 g/mol. The molecule has 5 heteroatoms. The van der Waals surface area contributed by atoms with Gasteiger partial charge in [-0.2, -0.15) is 4.98 Å². The monoisotopic (exact) mass is 307 g/mol. The summed E-state index contributed by atoms with van der Waals surface area (Å²) < 4.78 is 5.22. The molecule has 0 bridgehead atoms. The molecule has 23 heavy (non-hydrogen) atoms. The molecule has 116 valence electrons. The summed E-state index contributed by atoms with van der Waals surface area (Å²) in [5.74, 6) is 1.06. The predicted molar refractivity (Wildman–Crippen MR) is 87.9 cm³/mol. The molecule has 0 radical (unpaired) electrons. The lowest BCUT2D eigenvalue weighted by molar-refractivity contribution is -0.115. The maximum atomic E-state index is 12.1. The molecule has 3 aromatic rings. The molecule has 2 aromatic carbocycles. The molecule has 1 N–H and O–H groups in total. The molecular formula is C18H17N3O2. The molecule has 0 saturated carbocycles. The highest BCUT2D eigenvalue weighted by Gasteiger charge is 2.09. The van der Waals surface area contributed by atoms with Gasteiger partial charge in [-0.25, -0.2) is 0 Å². The van der Waals surface area contributed by atoms with E-state index in [9.17, 15) is 4.79 Å². The lowest BCUT2D eigenvalue weighted by Crippen LogP contribution is -2.14. The topological polar surface area (TPSA) is 68.0 Å². The lowest BCUT2D eigenvalue weighted by atomic mass is 10.1. The molecule has 1 amide bonds. The molecular weight excluding hydrogens is 290 g/mol. The van der Waals surface area contributed by atoms with Crippen molar-refractivity contribution < 1.29 is 9.32 Å². The zero-order valence-electron chi connectivity index (χ0n) is 12.8. The molecule has 1 aromatic heterocycles. The fourth-order valence-corrected chi connectivity index (χ4v) is 2.23. The Kier molecular flexibility index (Phi) is 4.47. The smallest absolute Gasteiger partial charge is 0.257 e. The molecule has 0 aliphatic rings. The van der Waals surface area contributed by atoms with Crippen LogP contribution in [0.25, 0.3) is 11.5 Å². The molecule has 0 aliphatic carbocycles. The van der Waals surface area contributed by atoms with E-state index < -0.39 is 0 Å². The summed E-state index contributed by atoms with van der Waals surface area (Å²) in [4.78, 5) is 16.4. The molecule has 3 rings (SSSR count). The van der Waals surface area contributed by atoms with Gasteiger partial charge in [0.15, 0.2) is 5.82 Å². The highest BCUT2D eigenvalue weighted by atomic mass is 16.5. The summed E-state index contributed by atoms with van der Waals surface area (Å²) in [7, 11) is 0. The quantitative estimate of drug-likeness (QED) is 0.783. The molecule has 0 spiro atoms. The first-order valence-corrected chi connectivity index (χ1v) is 7.51. The maximum Gasteiger partial charge on any atom is 0.257 e. The summed E-state index contributed by atoms with van der Waals surface area (Å²) >= 11 is 0. The normalized spacial score (nSPS) is 10.5. The van der Waals surface area contributed by atoms with E-state index in [1.165, 1.54) is 0 Å². The van der Waals surface area contributed by atoms with Crippen LogP contribution in [0.15, 0.2) is 59.1 Å². The Labute approximate surface area is 134 Å². The van der Waals surface area contributed by atoms with Crippen molar-refractivity contribution in [1.82, 2.24) is 10.1 Å². The van der Waals surface area contributed by atoms with E-state index >= 15 is 0 Å². The minimum atomic E-state index is -0.0619. The van der Waals surface area contributed by atoms with Gasteiger partial charge >= 0.3 is 0 Å². The van der Waals surface area contributed by atoms with Crippen LogP contribution in [-0.2, 0) is 17.6 Å². The highest BCUT2D eigenvalue weighted by Crippen LogP contribution is 2.21. The SMILES string of the molecule is CCc1noc(-c2cccc(NC(=O)Cc3ccccc3)c2)n1. The number of nitrogens with zero attached hydrogens (tertiary/aromatic N) is 2. The van der Waals surface area contributed by atoms with Gasteiger partial charge in [0.2, 0.25) is 5.91 Å². The van der Waals surface area contributed by atoms with Gasteiger partial charge in [0.05, 0.1) is 6.42 Å². The van der Waals surface area contributed by atoms with Crippen molar-refractivity contribution >= 4 is 11.6 Å². The van der Waals surface area contributed by atoms with Crippen LogP contribution in [0.5, 0.6) is 0 Å². The first-order chi connectivity index (χ1) is 11.2. The first-order valence-electron chi connectivity index (χ1n) is 7.51. The van der Waals surface area contributed by atoms with E-state index in [0.717, 1.165) is 17.5 Å². The zero-order chi connectivity index (χ0) is 16.1. The van der Waals surface area contributed by atoms with Crippen LogP contribution in [0.1, 0.15) is 18.3 Å². The third kappa shape index (κ3) is 3.83. The van der Waals surface area contributed by atoms with Crippen molar-refractivity contribution in [1.29, 1.82) is 0 Å². The van der Waals surface area contributed by atoms with Gasteiger partial charge in [-0.3, -0.25) is 4.79 Å². The highest BCUT2D eigenvalue weighted by molar-refractivity contribution is 5.92. The van der Waals surface area contributed by atoms with Gasteiger partial charge in [-0.15, -0.1) is 0 Å². The van der Waals surface area contributed by atoms with Gasteiger partial charge in [0.25, 0.3) is 5.89 Å². The predicted octanol–water partition coefficient (Wildman–Crippen LogP) is 3.48. The number of benzene rings is 2. The van der Waals surface area contributed by atoms with Gasteiger partial charge < -0.3 is 9.84 Å². The second kappa shape index (κ2) is 6.87. The minimum Gasteiger partial charge on any atom is -0.334 e. The van der Waals surface area contributed by atoms with Gasteiger partial charge in [0, 0.05) is 17.7 Å². The van der Waals surface area contributed by atoms with Crippen LogP contribution in [0.2, 0.25) is 0 Å². The minimum absolute atomic E-state index is 0.0619. The summed E-state index contributed by atoms with van der Waals surface area (Å²) in [6, 6.07) is 17.0. The third-order valence-corrected chi connectivity index (χ3v) is 3.39. The van der Waals surface area contributed by atoms with Crippen LogP contribution < -0.4 is 5.32 Å². The van der Waals surface area contributed by atoms with Gasteiger partial charge in [-0.1, -0.05) is 48.5 Å². The Morgan fingerprint density at radius 1 is 1.13 bits per heavy atom. The molecule has 0 unspecified atom stereocenters. The second-order valence-electron chi connectivity index (χ2n) is 5.16. The van der Waals surface area contributed by atoms with Crippen LogP contribution in [0.4, 0.5) is 5.69 Å². The maximum absolute atomic E-state index is 12.1. The number of hydrogen-bond donors (Lipinski definition) is 1. The van der Waals surface area contributed by atoms with E-state index in [1.54, 1.807) is 0 Å². The van der Waals surface area contributed by atoms with Crippen molar-refractivity contribution in [2.45, 2.75) is 19.8 Å². The van der Waals surface area contributed by atoms with Crippen molar-refractivity contribution in [3.8, 4) is 11.5 Å². The van der Waals surface area contributed by atoms with E-state index in [1.807, 2.05) is 61.5 Å². The van der Waals surface area contributed by atoms with Gasteiger partial charge in [-0.05, 0) is 23.8 Å². The third-order valence-electron chi connectivity index (χ3n) is 3.39. The summed E-state index contributed by atoms with van der Waals surface area (Å²) in [6.07, 6.45) is 1.06. The van der Waals surface area contributed by atoms with Crippen molar-refractivity contribution in [3.05, 3.63) is 66.0 Å². The van der Waals surface area contributed by atoms with E-state index in [4.69, 9.17) is 4.52 Å². The van der Waals surface area contributed by atoms with Crippen molar-refractivity contribution in [2.24, 2.45) is 0 Å². The average Bonchev–Trinajstić information content (AvgIpc) is 3.05. The summed E-state index contributed by atoms with van der Waals surface area (Å²) in [6.45, 7) is 1.97. The van der Waals surface area contributed by atoms with E-state index in [-0.39, 0.29) is 5.91 Å². The largest absolute Gasteiger partial charge is 0.334 e. The molecule has 5 nitrogen and oxygen atoms in total. The van der Waals surface area contributed by atoms with Crippen LogP contribution >= 0.6 is 0 Å². The Balaban J connectivity index is 1.71. The number of aryl methyl sites for hydroxylation is 1. The Hall–Kier alpha value is -2.95. The zero-order valence-corrected chi connectivity index (χ0v) is 12.8. The fraction of sp³-hybridized carbons (Fsp3) is 0.167. The molecule has 0 aliphatic heterocycles. The standard InChI is InChI=1S/C18H17N3O2/c1-2-16-20-18(23-21-16)14-9-6-10-15(12-14)19-17(22)11-13-7-4-3-5-8-13/h3-10,12H,2,11H2,1H3,(H,19,22). The number of rotatable bonds is 5. The second-order valence-corrected chi connectivity index (χ2v) is 5.16. The number of carbonyl (C=O) groups excluding carboxylic acids is 1. The van der Waals surface area contributed by atoms with Gasteiger partial charge in [0.1, 0.15) is 0 Å². The van der Waals surface area contributed by atoms with Crippen LogP contribution in [-0.4, -0.2) is 16.0 Å². The fourth-order valence-electron chi connectivity index (χ4n) is 2.23. The number of aromatic nitrogens is 2. The van der Waals surface area contributed by atoms with Crippen LogP contribution in [0, 0.1) is 0 Å². The Morgan fingerprint density at radius 2 is 1.96 bits per heavy atom. The summed E-state index contributed by atoms with van der Waals surface area (Å²) in [5, 5.41) is 6.78. The number of carbonyl (C=O) groups is 1. The van der Waals surface area contributed by atoms with Crippen LogP contribution in [0.3, 0.4) is 0 Å². The molecule has 1 heterocycles. The number of amides is 1. The Bertz CT molecular complexity index is 797. The lowest BCUT2D eigenvalue weighted by Gasteiger charge is -2.06. The number of anilines is 1. The Morgan fingerprint density at radius 3 is 2.70 bits per heavy atom. The van der Waals surface area contributed by atoms with E-state index in [2.05, 4.69) is 15.5 Å². The van der Waals surface area contributed by atoms with E-state index in [0.29, 0.717) is 23.8 Å². The molecule has 0 fully saturated rings. The van der Waals surface area contributed by atoms with Crippen molar-refractivity contribution in [2.75, 3.05) is 5.32 Å². The number of nitrogens with one attached hydrogen (secondary N) is 1. The first kappa shape index (κ1) is 15.0. The molecule has 0 atom stereocenters. The summed E-state index contributed by atoms with van der Waals surface area (Å²) in [5.41, 5.74) is 2.47. The van der Waals surface area contributed by atoms with Crippen molar-refractivity contribution in [3.63, 3.8) is 0 Å². The molecule has 0 saturated heterocycles. The number of hydrogen-bond acceptors (Lipinski definition) is 4.